The van der Waals surface area contributed by atoms with Crippen LogP contribution in [0.25, 0.3) is 22.3 Å². The second kappa shape index (κ2) is 14.5. The van der Waals surface area contributed by atoms with E-state index in [2.05, 4.69) is 13.8 Å². The summed E-state index contributed by atoms with van der Waals surface area (Å²) in [4.78, 5) is 0. The summed E-state index contributed by atoms with van der Waals surface area (Å²) >= 11 is 0. The molecule has 3 aromatic rings. The molecule has 1 heterocycles. The van der Waals surface area contributed by atoms with Gasteiger partial charge >= 0.3 is 0 Å². The van der Waals surface area contributed by atoms with Gasteiger partial charge in [-0.1, -0.05) is 82.3 Å². The summed E-state index contributed by atoms with van der Waals surface area (Å²) < 4.78 is 61.8. The van der Waals surface area contributed by atoms with E-state index < -0.39 is 11.6 Å². The maximum atomic E-state index is 15.1. The van der Waals surface area contributed by atoms with Crippen molar-refractivity contribution in [2.24, 2.45) is 0 Å². The first kappa shape index (κ1) is 29.2. The molecule has 3 aromatic carbocycles. The number of halogens is 3. The molecule has 0 aliphatic carbocycles. The van der Waals surface area contributed by atoms with Gasteiger partial charge in [0.2, 0.25) is 5.82 Å². The van der Waals surface area contributed by atoms with Crippen LogP contribution in [0.5, 0.6) is 5.75 Å². The molecule has 210 valence electrons. The minimum Gasteiger partial charge on any atom is -0.490 e. The highest BCUT2D eigenvalue weighted by Gasteiger charge is 2.24. The Hall–Kier alpha value is -2.83. The smallest absolute Gasteiger partial charge is 0.201 e. The molecule has 4 rings (SSSR count). The third kappa shape index (κ3) is 7.64. The van der Waals surface area contributed by atoms with Crippen molar-refractivity contribution >= 4 is 0 Å². The quantitative estimate of drug-likeness (QED) is 0.202. The molecule has 0 amide bonds. The van der Waals surface area contributed by atoms with Gasteiger partial charge in [0.05, 0.1) is 19.8 Å². The Morgan fingerprint density at radius 3 is 2.03 bits per heavy atom. The van der Waals surface area contributed by atoms with Crippen molar-refractivity contribution < 1.29 is 27.4 Å². The predicted octanol–water partition coefficient (Wildman–Crippen LogP) is 9.43. The van der Waals surface area contributed by atoms with Crippen LogP contribution in [0.4, 0.5) is 13.2 Å². The first-order valence-electron chi connectivity index (χ1n) is 14.3. The molecule has 0 saturated carbocycles. The summed E-state index contributed by atoms with van der Waals surface area (Å²) in [6.07, 6.45) is 8.09. The average Bonchev–Trinajstić information content (AvgIpc) is 2.96. The van der Waals surface area contributed by atoms with E-state index in [1.807, 2.05) is 6.07 Å². The Labute approximate surface area is 230 Å². The maximum Gasteiger partial charge on any atom is 0.201 e. The van der Waals surface area contributed by atoms with Crippen LogP contribution in [0, 0.1) is 17.5 Å². The Kier molecular flexibility index (Phi) is 10.9. The van der Waals surface area contributed by atoms with Crippen LogP contribution in [0.1, 0.15) is 76.7 Å². The Bertz CT molecular complexity index is 1190. The van der Waals surface area contributed by atoms with E-state index >= 15 is 4.39 Å². The van der Waals surface area contributed by atoms with Crippen LogP contribution in [-0.2, 0) is 9.47 Å². The number of hydrogen-bond acceptors (Lipinski definition) is 3. The first-order valence-corrected chi connectivity index (χ1v) is 14.3. The molecule has 0 radical (unpaired) electrons. The van der Waals surface area contributed by atoms with E-state index in [-0.39, 0.29) is 29.3 Å². The number of benzene rings is 3. The topological polar surface area (TPSA) is 27.7 Å². The Balaban J connectivity index is 1.39. The lowest BCUT2D eigenvalue weighted by Gasteiger charge is -2.30. The molecule has 0 N–H and O–H groups in total. The van der Waals surface area contributed by atoms with E-state index in [1.165, 1.54) is 18.2 Å². The van der Waals surface area contributed by atoms with Gasteiger partial charge in [0.1, 0.15) is 5.82 Å². The van der Waals surface area contributed by atoms with Gasteiger partial charge in [-0.3, -0.25) is 0 Å². The van der Waals surface area contributed by atoms with Crippen molar-refractivity contribution in [1.29, 1.82) is 0 Å². The van der Waals surface area contributed by atoms with Gasteiger partial charge in [0.15, 0.2) is 17.9 Å². The first-order chi connectivity index (χ1) is 19.0. The van der Waals surface area contributed by atoms with Gasteiger partial charge in [0, 0.05) is 17.0 Å². The predicted molar refractivity (Wildman–Crippen MR) is 149 cm³/mol. The molecule has 0 spiro atoms. The molecule has 0 atom stereocenters. The van der Waals surface area contributed by atoms with E-state index in [1.54, 1.807) is 30.3 Å². The SMILES string of the molecule is CCCCCCOc1ccc(-c2ccc(-c3ccc(C4COC(CCCCC)OC4)cc3F)cc2)c(F)c1F. The maximum absolute atomic E-state index is 15.1. The van der Waals surface area contributed by atoms with Crippen LogP contribution in [-0.4, -0.2) is 26.1 Å². The third-order valence-corrected chi connectivity index (χ3v) is 7.28. The molecule has 6 heteroatoms. The highest BCUT2D eigenvalue weighted by atomic mass is 19.2. The molecule has 0 bridgehead atoms. The molecule has 1 saturated heterocycles. The lowest BCUT2D eigenvalue weighted by atomic mass is 9.95. The van der Waals surface area contributed by atoms with E-state index in [0.29, 0.717) is 36.5 Å². The monoisotopic (exact) mass is 540 g/mol. The van der Waals surface area contributed by atoms with Crippen molar-refractivity contribution in [2.45, 2.75) is 77.4 Å². The average molecular weight is 541 g/mol. The fraction of sp³-hybridized carbons (Fsp3) is 0.455. The van der Waals surface area contributed by atoms with Crippen LogP contribution >= 0.6 is 0 Å². The standard InChI is InChI=1S/C33H39F3O3/c1-3-5-7-9-19-37-30-18-17-28(32(35)33(30)36)24-13-11-23(12-14-24)27-16-15-25(20-29(27)34)26-21-38-31(39-22-26)10-8-6-4-2/h11-18,20,26,31H,3-10,19,21-22H2,1-2H3. The fourth-order valence-corrected chi connectivity index (χ4v) is 4.89. The molecule has 1 fully saturated rings. The molecule has 0 unspecified atom stereocenters. The highest BCUT2D eigenvalue weighted by molar-refractivity contribution is 5.71. The van der Waals surface area contributed by atoms with Gasteiger partial charge in [0.25, 0.3) is 0 Å². The second-order valence-electron chi connectivity index (χ2n) is 10.3. The number of unbranched alkanes of at least 4 members (excludes halogenated alkanes) is 5. The zero-order valence-electron chi connectivity index (χ0n) is 23.0. The van der Waals surface area contributed by atoms with Gasteiger partial charge in [-0.15, -0.1) is 0 Å². The minimum absolute atomic E-state index is 0.0143. The normalized spacial score (nSPS) is 17.4. The van der Waals surface area contributed by atoms with Gasteiger partial charge in [-0.2, -0.15) is 4.39 Å². The minimum atomic E-state index is -0.989. The number of ether oxygens (including phenoxy) is 3. The van der Waals surface area contributed by atoms with Crippen LogP contribution in [0.2, 0.25) is 0 Å². The Morgan fingerprint density at radius 1 is 0.718 bits per heavy atom. The summed E-state index contributed by atoms with van der Waals surface area (Å²) in [6.45, 7) is 5.65. The second-order valence-corrected chi connectivity index (χ2v) is 10.3. The van der Waals surface area contributed by atoms with Crippen molar-refractivity contribution in [3.05, 3.63) is 77.6 Å². The molecule has 39 heavy (non-hydrogen) atoms. The van der Waals surface area contributed by atoms with Gasteiger partial charge in [-0.05, 0) is 54.2 Å². The van der Waals surface area contributed by atoms with E-state index in [0.717, 1.165) is 56.9 Å². The van der Waals surface area contributed by atoms with Gasteiger partial charge in [-0.25, -0.2) is 8.78 Å². The number of rotatable bonds is 13. The largest absolute Gasteiger partial charge is 0.490 e. The number of hydrogen-bond donors (Lipinski definition) is 0. The van der Waals surface area contributed by atoms with Crippen LogP contribution < -0.4 is 4.74 Å². The summed E-state index contributed by atoms with van der Waals surface area (Å²) in [5, 5.41) is 0. The molecule has 0 aromatic heterocycles. The third-order valence-electron chi connectivity index (χ3n) is 7.28. The summed E-state index contributed by atoms with van der Waals surface area (Å²) in [6, 6.07) is 15.0. The lowest BCUT2D eigenvalue weighted by Crippen LogP contribution is -2.30. The molecular formula is C33H39F3O3. The van der Waals surface area contributed by atoms with Gasteiger partial charge < -0.3 is 14.2 Å². The zero-order valence-corrected chi connectivity index (χ0v) is 23.0. The van der Waals surface area contributed by atoms with Crippen molar-refractivity contribution in [3.8, 4) is 28.0 Å². The highest BCUT2D eigenvalue weighted by Crippen LogP contribution is 2.33. The molecular weight excluding hydrogens is 501 g/mol. The van der Waals surface area contributed by atoms with E-state index in [9.17, 15) is 8.78 Å². The molecule has 1 aliphatic heterocycles. The van der Waals surface area contributed by atoms with Crippen molar-refractivity contribution in [3.63, 3.8) is 0 Å². The fourth-order valence-electron chi connectivity index (χ4n) is 4.89. The molecule has 3 nitrogen and oxygen atoms in total. The van der Waals surface area contributed by atoms with Crippen LogP contribution in [0.15, 0.2) is 54.6 Å². The zero-order chi connectivity index (χ0) is 27.6. The Morgan fingerprint density at radius 2 is 1.36 bits per heavy atom. The molecule has 1 aliphatic rings. The van der Waals surface area contributed by atoms with Crippen LogP contribution in [0.3, 0.4) is 0 Å². The lowest BCUT2D eigenvalue weighted by molar-refractivity contribution is -0.190. The summed E-state index contributed by atoms with van der Waals surface area (Å²) in [5.74, 6) is -2.37. The van der Waals surface area contributed by atoms with Crippen molar-refractivity contribution in [2.75, 3.05) is 19.8 Å². The van der Waals surface area contributed by atoms with E-state index in [4.69, 9.17) is 14.2 Å². The van der Waals surface area contributed by atoms with Crippen molar-refractivity contribution in [1.82, 2.24) is 0 Å². The summed E-state index contributed by atoms with van der Waals surface area (Å²) in [5.41, 5.74) is 2.58. The summed E-state index contributed by atoms with van der Waals surface area (Å²) in [7, 11) is 0.